The molecule has 2 fully saturated rings. The zero-order chi connectivity index (χ0) is 21.8. The molecule has 2 atom stereocenters. The average Bonchev–Trinajstić information content (AvgIpc) is 2.76. The highest BCUT2D eigenvalue weighted by molar-refractivity contribution is 5.73. The van der Waals surface area contributed by atoms with E-state index in [0.29, 0.717) is 19.3 Å². The van der Waals surface area contributed by atoms with Crippen LogP contribution in [-0.4, -0.2) is 53.3 Å². The van der Waals surface area contributed by atoms with Crippen molar-refractivity contribution in [1.29, 1.82) is 0 Å². The van der Waals surface area contributed by atoms with E-state index in [1.807, 2.05) is 0 Å². The minimum atomic E-state index is -6.84. The second-order valence-corrected chi connectivity index (χ2v) is 6.66. The predicted molar refractivity (Wildman–Crippen MR) is 68.3 cm³/mol. The highest BCUT2D eigenvalue weighted by Crippen LogP contribution is 2.62. The van der Waals surface area contributed by atoms with Gasteiger partial charge in [-0.1, -0.05) is 19.3 Å². The lowest BCUT2D eigenvalue weighted by molar-refractivity contribution is -0.428. The van der Waals surface area contributed by atoms with Gasteiger partial charge in [-0.05, 0) is 12.8 Å². The molecule has 1 aliphatic carbocycles. The number of carbonyl (C=O) groups is 1. The summed E-state index contributed by atoms with van der Waals surface area (Å²) in [7, 11) is 0. The molecule has 2 aliphatic rings. The van der Waals surface area contributed by atoms with Crippen molar-refractivity contribution in [2.45, 2.75) is 67.7 Å². The van der Waals surface area contributed by atoms with Gasteiger partial charge in [0, 0.05) is 0 Å². The van der Waals surface area contributed by atoms with Gasteiger partial charge >= 0.3 is 36.0 Å². The first kappa shape index (κ1) is 23.0. The summed E-state index contributed by atoms with van der Waals surface area (Å²) in [6, 6.07) is 0. The van der Waals surface area contributed by atoms with Crippen molar-refractivity contribution in [1.82, 2.24) is 0 Å². The molecule has 2 unspecified atom stereocenters. The van der Waals surface area contributed by atoms with Gasteiger partial charge in [0.25, 0.3) is 5.60 Å². The van der Waals surface area contributed by atoms with Crippen LogP contribution in [0.25, 0.3) is 0 Å². The summed E-state index contributed by atoms with van der Waals surface area (Å²) in [4.78, 5) is 12.0. The number of carbonyl (C=O) groups excluding carboxylic acids is 1. The number of hydrogen-bond donors (Lipinski definition) is 1. The van der Waals surface area contributed by atoms with E-state index < -0.39 is 54.1 Å². The first-order valence-corrected chi connectivity index (χ1v) is 7.93. The number of rotatable bonds is 3. The van der Waals surface area contributed by atoms with Gasteiger partial charge in [-0.15, -0.1) is 0 Å². The van der Waals surface area contributed by atoms with Crippen molar-refractivity contribution in [2.24, 2.45) is 5.92 Å². The smallest absolute Gasteiger partial charge is 0.443 e. The van der Waals surface area contributed by atoms with Gasteiger partial charge in [-0.2, -0.15) is 43.9 Å². The predicted octanol–water partition coefficient (Wildman–Crippen LogP) is 3.96. The average molecular weight is 436 g/mol. The lowest BCUT2D eigenvalue weighted by Crippen LogP contribution is -2.73. The van der Waals surface area contributed by atoms with Crippen LogP contribution in [0.1, 0.15) is 32.1 Å². The summed E-state index contributed by atoms with van der Waals surface area (Å²) >= 11 is 0. The number of esters is 1. The molecule has 0 aromatic carbocycles. The lowest BCUT2D eigenvalue weighted by atomic mass is 9.84. The van der Waals surface area contributed by atoms with Gasteiger partial charge in [0.1, 0.15) is 6.61 Å². The summed E-state index contributed by atoms with van der Waals surface area (Å²) in [6.07, 6.45) is -12.3. The third-order valence-corrected chi connectivity index (χ3v) is 4.88. The van der Waals surface area contributed by atoms with Crippen molar-refractivity contribution in [3.8, 4) is 0 Å². The highest BCUT2D eigenvalue weighted by Gasteiger charge is 2.93. The highest BCUT2D eigenvalue weighted by atomic mass is 19.4. The lowest BCUT2D eigenvalue weighted by Gasteiger charge is -2.42. The molecule has 0 radical (unpaired) electrons. The summed E-state index contributed by atoms with van der Waals surface area (Å²) in [5.41, 5.74) is -5.45. The first-order chi connectivity index (χ1) is 12.4. The van der Waals surface area contributed by atoms with E-state index in [4.69, 9.17) is 5.11 Å². The Morgan fingerprint density at radius 1 is 0.964 bits per heavy atom. The van der Waals surface area contributed by atoms with Crippen LogP contribution in [0.4, 0.5) is 43.9 Å². The molecule has 0 aromatic rings. The number of alkyl halides is 10. The van der Waals surface area contributed by atoms with Crippen LogP contribution >= 0.6 is 0 Å². The Hall–Kier alpha value is -1.31. The largest absolute Gasteiger partial charge is 0.458 e. The summed E-state index contributed by atoms with van der Waals surface area (Å²) in [5.74, 6) is -22.1. The maximum absolute atomic E-state index is 14.4. The Kier molecular flexibility index (Phi) is 5.42. The van der Waals surface area contributed by atoms with Gasteiger partial charge in [-0.25, -0.2) is 0 Å². The van der Waals surface area contributed by atoms with Crippen molar-refractivity contribution < 1.29 is 63.3 Å². The number of halogens is 10. The monoisotopic (exact) mass is 436 g/mol. The van der Waals surface area contributed by atoms with Crippen LogP contribution in [-0.2, 0) is 14.3 Å². The number of hydrogen-bond acceptors (Lipinski definition) is 4. The van der Waals surface area contributed by atoms with E-state index in [2.05, 4.69) is 9.47 Å². The Bertz CT molecular complexity index is 610. The zero-order valence-electron chi connectivity index (χ0n) is 13.8. The Balaban J connectivity index is 2.57. The molecule has 4 nitrogen and oxygen atoms in total. The molecule has 164 valence electrons. The molecule has 0 amide bonds. The fourth-order valence-corrected chi connectivity index (χ4v) is 3.19. The molecule has 2 rings (SSSR count). The van der Waals surface area contributed by atoms with E-state index in [-0.39, 0.29) is 12.8 Å². The maximum atomic E-state index is 14.4. The molecular formula is C14H14F10O4. The minimum Gasteiger partial charge on any atom is -0.443 e. The molecule has 1 saturated heterocycles. The fourth-order valence-electron chi connectivity index (χ4n) is 3.19. The van der Waals surface area contributed by atoms with E-state index in [1.54, 1.807) is 0 Å². The first-order valence-electron chi connectivity index (χ1n) is 7.93. The third-order valence-electron chi connectivity index (χ3n) is 4.88. The normalized spacial score (nSPS) is 32.4. The van der Waals surface area contributed by atoms with Crippen LogP contribution in [0, 0.1) is 5.92 Å². The van der Waals surface area contributed by atoms with Crippen LogP contribution in [0.15, 0.2) is 0 Å². The standard InChI is InChI=1S/C14H14F10O4/c15-10(16)9(11(17,18)13(19,20)21,6-27-12(10,26)14(22,23)24)28-8(25)7-4-2-1-3-5-7/h7,26H,1-6H2. The molecule has 14 heteroatoms. The molecule has 28 heavy (non-hydrogen) atoms. The summed E-state index contributed by atoms with van der Waals surface area (Å²) in [6.45, 7) is -2.74. The van der Waals surface area contributed by atoms with E-state index >= 15 is 0 Å². The van der Waals surface area contributed by atoms with Gasteiger partial charge < -0.3 is 14.6 Å². The van der Waals surface area contributed by atoms with E-state index in [0.717, 1.165) is 0 Å². The van der Waals surface area contributed by atoms with Crippen molar-refractivity contribution in [3.05, 3.63) is 0 Å². The van der Waals surface area contributed by atoms with Crippen molar-refractivity contribution >= 4 is 5.97 Å². The van der Waals surface area contributed by atoms with Crippen LogP contribution < -0.4 is 0 Å². The summed E-state index contributed by atoms with van der Waals surface area (Å²) in [5, 5.41) is 9.15. The van der Waals surface area contributed by atoms with Crippen molar-refractivity contribution in [3.63, 3.8) is 0 Å². The second kappa shape index (κ2) is 6.61. The van der Waals surface area contributed by atoms with E-state index in [1.165, 1.54) is 0 Å². The number of ether oxygens (including phenoxy) is 2. The Morgan fingerprint density at radius 2 is 1.46 bits per heavy atom. The number of aliphatic hydroxyl groups is 1. The molecule has 1 N–H and O–H groups in total. The Labute approximate surface area is 150 Å². The molecule has 1 saturated carbocycles. The van der Waals surface area contributed by atoms with Gasteiger partial charge in [0.05, 0.1) is 5.92 Å². The van der Waals surface area contributed by atoms with Crippen LogP contribution in [0.5, 0.6) is 0 Å². The molecular weight excluding hydrogens is 422 g/mol. The minimum absolute atomic E-state index is 0.0948. The Morgan fingerprint density at radius 3 is 1.86 bits per heavy atom. The topological polar surface area (TPSA) is 55.8 Å². The quantitative estimate of drug-likeness (QED) is 0.538. The molecule has 1 heterocycles. The molecule has 0 spiro atoms. The van der Waals surface area contributed by atoms with Gasteiger partial charge in [-0.3, -0.25) is 4.79 Å². The van der Waals surface area contributed by atoms with E-state index in [9.17, 15) is 48.7 Å². The third kappa shape index (κ3) is 3.02. The van der Waals surface area contributed by atoms with Crippen molar-refractivity contribution in [2.75, 3.05) is 6.61 Å². The fraction of sp³-hybridized carbons (Fsp3) is 0.929. The molecule has 0 bridgehead atoms. The van der Waals surface area contributed by atoms with Gasteiger partial charge in [0.2, 0.25) is 0 Å². The zero-order valence-corrected chi connectivity index (χ0v) is 13.8. The molecule has 1 aliphatic heterocycles. The molecule has 0 aromatic heterocycles. The SMILES string of the molecule is O=C(OC1(C(F)(F)C(F)(F)F)COC(O)(C(F)(F)F)C1(F)F)C1CCCCC1. The summed E-state index contributed by atoms with van der Waals surface area (Å²) < 4.78 is 141. The van der Waals surface area contributed by atoms with Gasteiger partial charge in [0.15, 0.2) is 0 Å². The van der Waals surface area contributed by atoms with Crippen LogP contribution in [0.3, 0.4) is 0 Å². The second-order valence-electron chi connectivity index (χ2n) is 6.66. The maximum Gasteiger partial charge on any atom is 0.458 e. The van der Waals surface area contributed by atoms with Crippen LogP contribution in [0.2, 0.25) is 0 Å².